The third-order valence-corrected chi connectivity index (χ3v) is 3.94. The number of rotatable bonds is 5. The van der Waals surface area contributed by atoms with Gasteiger partial charge in [0.25, 0.3) is 5.91 Å². The predicted octanol–water partition coefficient (Wildman–Crippen LogP) is 4.83. The first-order valence-corrected chi connectivity index (χ1v) is 8.39. The molecule has 0 radical (unpaired) electrons. The molecule has 5 nitrogen and oxygen atoms in total. The molecule has 3 rings (SSSR count). The third-order valence-electron chi connectivity index (χ3n) is 3.94. The number of anilines is 1. The largest absolute Gasteiger partial charge is 0.465 e. The van der Waals surface area contributed by atoms with Crippen LogP contribution in [0.15, 0.2) is 72.8 Å². The van der Waals surface area contributed by atoms with E-state index in [-0.39, 0.29) is 5.91 Å². The van der Waals surface area contributed by atoms with Gasteiger partial charge in [0.1, 0.15) is 11.5 Å². The van der Waals surface area contributed by atoms with Crippen LogP contribution in [-0.2, 0) is 4.74 Å². The first kappa shape index (κ1) is 18.2. The zero-order valence-electron chi connectivity index (χ0n) is 15.1. The first-order valence-electron chi connectivity index (χ1n) is 8.39. The van der Waals surface area contributed by atoms with Crippen molar-refractivity contribution < 1.29 is 19.1 Å². The van der Waals surface area contributed by atoms with E-state index in [9.17, 15) is 9.59 Å². The van der Waals surface area contributed by atoms with Crippen LogP contribution in [-0.4, -0.2) is 19.0 Å². The molecule has 0 unspecified atom stereocenters. The van der Waals surface area contributed by atoms with Crippen molar-refractivity contribution in [3.05, 3.63) is 89.5 Å². The lowest BCUT2D eigenvalue weighted by molar-refractivity contribution is 0.0600. The van der Waals surface area contributed by atoms with Crippen molar-refractivity contribution in [3.63, 3.8) is 0 Å². The van der Waals surface area contributed by atoms with E-state index in [1.165, 1.54) is 7.11 Å². The van der Waals surface area contributed by atoms with E-state index in [2.05, 4.69) is 10.1 Å². The van der Waals surface area contributed by atoms with Gasteiger partial charge in [-0.3, -0.25) is 4.79 Å². The topological polar surface area (TPSA) is 64.6 Å². The fourth-order valence-corrected chi connectivity index (χ4v) is 2.43. The summed E-state index contributed by atoms with van der Waals surface area (Å²) in [6.07, 6.45) is 0. The summed E-state index contributed by atoms with van der Waals surface area (Å²) in [7, 11) is 1.32. The molecule has 0 aliphatic heterocycles. The number of hydrogen-bond donors (Lipinski definition) is 1. The van der Waals surface area contributed by atoms with Gasteiger partial charge in [-0.2, -0.15) is 0 Å². The normalized spacial score (nSPS) is 10.1. The molecular formula is C22H19NO4. The molecule has 0 saturated heterocycles. The van der Waals surface area contributed by atoms with Crippen LogP contribution in [0.25, 0.3) is 0 Å². The molecular weight excluding hydrogens is 342 g/mol. The van der Waals surface area contributed by atoms with Gasteiger partial charge < -0.3 is 14.8 Å². The molecule has 0 aliphatic carbocycles. The van der Waals surface area contributed by atoms with Gasteiger partial charge >= 0.3 is 5.97 Å². The predicted molar refractivity (Wildman–Crippen MR) is 103 cm³/mol. The number of esters is 1. The number of carbonyl (C=O) groups is 2. The summed E-state index contributed by atoms with van der Waals surface area (Å²) in [5.74, 6) is 0.723. The van der Waals surface area contributed by atoms with Crippen LogP contribution in [0.4, 0.5) is 5.69 Å². The molecule has 0 atom stereocenters. The second-order valence-corrected chi connectivity index (χ2v) is 5.96. The SMILES string of the molecule is COC(=O)c1ccc(NC(=O)c2ccc(Oc3ccc(C)cc3)cc2)cc1. The van der Waals surface area contributed by atoms with E-state index in [1.807, 2.05) is 31.2 Å². The summed E-state index contributed by atoms with van der Waals surface area (Å²) < 4.78 is 10.4. The van der Waals surface area contributed by atoms with Crippen molar-refractivity contribution in [2.75, 3.05) is 12.4 Å². The Kier molecular flexibility index (Phi) is 5.52. The molecule has 5 heteroatoms. The lowest BCUT2D eigenvalue weighted by atomic mass is 10.1. The number of nitrogens with one attached hydrogen (secondary N) is 1. The van der Waals surface area contributed by atoms with Gasteiger partial charge in [-0.25, -0.2) is 4.79 Å². The van der Waals surface area contributed by atoms with Crippen LogP contribution >= 0.6 is 0 Å². The number of ether oxygens (including phenoxy) is 2. The number of benzene rings is 3. The van der Waals surface area contributed by atoms with E-state index in [0.29, 0.717) is 22.6 Å². The molecule has 27 heavy (non-hydrogen) atoms. The summed E-state index contributed by atoms with van der Waals surface area (Å²) in [6, 6.07) is 21.1. The van der Waals surface area contributed by atoms with Crippen LogP contribution in [0.5, 0.6) is 11.5 Å². The van der Waals surface area contributed by atoms with E-state index in [0.717, 1.165) is 11.3 Å². The minimum Gasteiger partial charge on any atom is -0.465 e. The standard InChI is InChI=1S/C22H19NO4/c1-15-3-11-19(12-4-15)27-20-13-7-16(8-14-20)21(24)23-18-9-5-17(6-10-18)22(25)26-2/h3-14H,1-2H3,(H,23,24). The zero-order valence-corrected chi connectivity index (χ0v) is 15.1. The molecule has 0 bridgehead atoms. The van der Waals surface area contributed by atoms with Gasteiger partial charge in [0.15, 0.2) is 0 Å². The molecule has 0 heterocycles. The molecule has 3 aromatic rings. The van der Waals surface area contributed by atoms with Gasteiger partial charge in [-0.05, 0) is 67.6 Å². The number of amides is 1. The van der Waals surface area contributed by atoms with Crippen molar-refractivity contribution in [3.8, 4) is 11.5 Å². The average molecular weight is 361 g/mol. The molecule has 0 fully saturated rings. The molecule has 1 N–H and O–H groups in total. The molecule has 0 spiro atoms. The van der Waals surface area contributed by atoms with Crippen LogP contribution < -0.4 is 10.1 Å². The molecule has 1 amide bonds. The van der Waals surface area contributed by atoms with E-state index < -0.39 is 5.97 Å². The maximum atomic E-state index is 12.4. The maximum Gasteiger partial charge on any atom is 0.337 e. The number of methoxy groups -OCH3 is 1. The van der Waals surface area contributed by atoms with Gasteiger partial charge in [-0.1, -0.05) is 17.7 Å². The number of carbonyl (C=O) groups excluding carboxylic acids is 2. The Balaban J connectivity index is 1.63. The Labute approximate surface area is 157 Å². The highest BCUT2D eigenvalue weighted by Gasteiger charge is 2.09. The fourth-order valence-electron chi connectivity index (χ4n) is 2.43. The summed E-state index contributed by atoms with van der Waals surface area (Å²) in [5.41, 5.74) is 2.68. The van der Waals surface area contributed by atoms with E-state index >= 15 is 0 Å². The second-order valence-electron chi connectivity index (χ2n) is 5.96. The lowest BCUT2D eigenvalue weighted by Crippen LogP contribution is -2.12. The first-order chi connectivity index (χ1) is 13.0. The highest BCUT2D eigenvalue weighted by Crippen LogP contribution is 2.22. The Bertz CT molecular complexity index is 930. The van der Waals surface area contributed by atoms with Crippen molar-refractivity contribution in [1.82, 2.24) is 0 Å². The highest BCUT2D eigenvalue weighted by atomic mass is 16.5. The molecule has 0 aliphatic rings. The summed E-state index contributed by atoms with van der Waals surface area (Å²) in [6.45, 7) is 2.01. The summed E-state index contributed by atoms with van der Waals surface area (Å²) in [5, 5.41) is 2.79. The Morgan fingerprint density at radius 2 is 1.26 bits per heavy atom. The summed E-state index contributed by atoms with van der Waals surface area (Å²) >= 11 is 0. The van der Waals surface area contributed by atoms with Crippen LogP contribution in [0.2, 0.25) is 0 Å². The smallest absolute Gasteiger partial charge is 0.337 e. The third kappa shape index (κ3) is 4.73. The highest BCUT2D eigenvalue weighted by molar-refractivity contribution is 6.04. The van der Waals surface area contributed by atoms with Gasteiger partial charge in [0.05, 0.1) is 12.7 Å². The monoisotopic (exact) mass is 361 g/mol. The van der Waals surface area contributed by atoms with Crippen LogP contribution in [0.1, 0.15) is 26.3 Å². The van der Waals surface area contributed by atoms with Crippen LogP contribution in [0, 0.1) is 6.92 Å². The van der Waals surface area contributed by atoms with E-state index in [1.54, 1.807) is 48.5 Å². The van der Waals surface area contributed by atoms with Gasteiger partial charge in [-0.15, -0.1) is 0 Å². The maximum absolute atomic E-state index is 12.4. The number of hydrogen-bond acceptors (Lipinski definition) is 4. The Morgan fingerprint density at radius 3 is 1.81 bits per heavy atom. The molecule has 136 valence electrons. The van der Waals surface area contributed by atoms with Gasteiger partial charge in [0.2, 0.25) is 0 Å². The van der Waals surface area contributed by atoms with Crippen molar-refractivity contribution in [2.45, 2.75) is 6.92 Å². The quantitative estimate of drug-likeness (QED) is 0.661. The fraction of sp³-hybridized carbons (Fsp3) is 0.0909. The Morgan fingerprint density at radius 1 is 0.741 bits per heavy atom. The number of aryl methyl sites for hydroxylation is 1. The van der Waals surface area contributed by atoms with Crippen LogP contribution in [0.3, 0.4) is 0 Å². The minimum atomic E-state index is -0.419. The lowest BCUT2D eigenvalue weighted by Gasteiger charge is -2.08. The minimum absolute atomic E-state index is 0.247. The van der Waals surface area contributed by atoms with Crippen molar-refractivity contribution >= 4 is 17.6 Å². The molecule has 0 aromatic heterocycles. The molecule has 3 aromatic carbocycles. The zero-order chi connectivity index (χ0) is 19.2. The Hall–Kier alpha value is -3.60. The van der Waals surface area contributed by atoms with Gasteiger partial charge in [0, 0.05) is 11.3 Å². The second kappa shape index (κ2) is 8.19. The van der Waals surface area contributed by atoms with Crippen molar-refractivity contribution in [1.29, 1.82) is 0 Å². The van der Waals surface area contributed by atoms with E-state index in [4.69, 9.17) is 4.74 Å². The molecule has 0 saturated carbocycles. The summed E-state index contributed by atoms with van der Waals surface area (Å²) in [4.78, 5) is 23.8. The van der Waals surface area contributed by atoms with Crippen molar-refractivity contribution in [2.24, 2.45) is 0 Å². The average Bonchev–Trinajstić information content (AvgIpc) is 2.70.